The molecule has 290 valence electrons. The Hall–Kier alpha value is -1.83. The Morgan fingerprint density at radius 1 is 1.12 bits per heavy atom. The molecule has 50 heavy (non-hydrogen) atoms. The van der Waals surface area contributed by atoms with E-state index in [1.54, 1.807) is 27.9 Å². The second-order valence-electron chi connectivity index (χ2n) is 16.8. The molecule has 3 rings (SSSR count). The zero-order valence-electron chi connectivity index (χ0n) is 33.2. The highest BCUT2D eigenvalue weighted by Crippen LogP contribution is 2.38. The lowest BCUT2D eigenvalue weighted by atomic mass is 9.74. The molecule has 0 aromatic heterocycles. The topological polar surface area (TPSA) is 130 Å². The van der Waals surface area contributed by atoms with Crippen molar-refractivity contribution in [2.24, 2.45) is 23.2 Å². The maximum atomic E-state index is 14.4. The number of hydrogen-bond donors (Lipinski definition) is 2. The summed E-state index contributed by atoms with van der Waals surface area (Å²) in [5, 5.41) is 14.4. The largest absolute Gasteiger partial charge is 0.463 e. The van der Waals surface area contributed by atoms with E-state index in [4.69, 9.17) is 18.9 Å². The van der Waals surface area contributed by atoms with Crippen LogP contribution in [0.2, 0.25) is 0 Å². The summed E-state index contributed by atoms with van der Waals surface area (Å²) in [5.74, 6) is -1.14. The molecule has 0 radical (unpaired) electrons. The first-order valence-corrected chi connectivity index (χ1v) is 19.1. The van der Waals surface area contributed by atoms with Crippen LogP contribution in [0.4, 0.5) is 4.79 Å². The number of urea groups is 1. The van der Waals surface area contributed by atoms with E-state index in [0.29, 0.717) is 31.8 Å². The number of rotatable bonds is 9. The standard InChI is InChI=1S/C38H70N4O8/c1-13-16-42-22-25(4)21-38(9,47-12)33(50-34-31(43)30(40(10)11)19-26(5)49-34)27(6)32(44)37(7,8)35(45)48-23-29(42)20-28-14-17-41(18-15-28)36(46)39-24(2)3/h24-31,33-34,43H,13-23H2,1-12H3,(H,39,46)/t25-,26-,27+,29-,30+,31-,33-,34+,38-/m1/s1. The van der Waals surface area contributed by atoms with Gasteiger partial charge < -0.3 is 39.2 Å². The number of carbonyl (C=O) groups is 3. The number of esters is 1. The molecule has 0 bridgehead atoms. The summed E-state index contributed by atoms with van der Waals surface area (Å²) in [4.78, 5) is 47.1. The quantitative estimate of drug-likeness (QED) is 0.264. The molecule has 12 nitrogen and oxygen atoms in total. The number of ether oxygens (including phenoxy) is 4. The number of amides is 2. The molecule has 0 unspecified atom stereocenters. The van der Waals surface area contributed by atoms with Gasteiger partial charge in [-0.15, -0.1) is 0 Å². The fraction of sp³-hybridized carbons (Fsp3) is 0.921. The van der Waals surface area contributed by atoms with Crippen LogP contribution in [-0.2, 0) is 28.5 Å². The lowest BCUT2D eigenvalue weighted by Gasteiger charge is -2.47. The van der Waals surface area contributed by atoms with Gasteiger partial charge in [0.1, 0.15) is 18.1 Å². The number of likely N-dealkylation sites (tertiary alicyclic amines) is 1. The van der Waals surface area contributed by atoms with Gasteiger partial charge in [-0.1, -0.05) is 20.8 Å². The van der Waals surface area contributed by atoms with E-state index >= 15 is 0 Å². The maximum absolute atomic E-state index is 14.4. The van der Waals surface area contributed by atoms with Gasteiger partial charge in [-0.2, -0.15) is 0 Å². The molecule has 2 N–H and O–H groups in total. The maximum Gasteiger partial charge on any atom is 0.319 e. The second kappa shape index (κ2) is 18.3. The number of piperidine rings is 1. The fourth-order valence-electron chi connectivity index (χ4n) is 8.35. The van der Waals surface area contributed by atoms with E-state index in [1.807, 2.05) is 51.6 Å². The molecule has 3 aliphatic rings. The van der Waals surface area contributed by atoms with Gasteiger partial charge in [0, 0.05) is 50.8 Å². The molecule has 12 heteroatoms. The van der Waals surface area contributed by atoms with Gasteiger partial charge in [-0.25, -0.2) is 4.79 Å². The van der Waals surface area contributed by atoms with Crippen LogP contribution in [0, 0.1) is 23.2 Å². The minimum absolute atomic E-state index is 0.0166. The SMILES string of the molecule is CCCN1C[C@H](C)C[C@@](C)(OC)[C@H](O[C@@H]2O[C@H](C)C[C@H](N(C)C)[C@H]2O)[C@@H](C)C(=O)C(C)(C)C(=O)OC[C@H]1CC1CCN(C(=O)NC(C)C)CC1. The average molecular weight is 711 g/mol. The zero-order chi connectivity index (χ0) is 37.6. The molecule has 3 saturated heterocycles. The molecule has 0 saturated carbocycles. The summed E-state index contributed by atoms with van der Waals surface area (Å²) < 4.78 is 25.2. The van der Waals surface area contributed by atoms with Gasteiger partial charge in [0.25, 0.3) is 0 Å². The molecule has 0 spiro atoms. The molecule has 0 aromatic rings. The predicted molar refractivity (Wildman–Crippen MR) is 194 cm³/mol. The average Bonchev–Trinajstić information content (AvgIpc) is 3.05. The van der Waals surface area contributed by atoms with E-state index < -0.39 is 41.4 Å². The van der Waals surface area contributed by atoms with Crippen molar-refractivity contribution in [3.8, 4) is 0 Å². The Kier molecular flexibility index (Phi) is 15.6. The van der Waals surface area contributed by atoms with Crippen LogP contribution < -0.4 is 5.32 Å². The van der Waals surface area contributed by atoms with Crippen molar-refractivity contribution >= 4 is 17.8 Å². The summed E-state index contributed by atoms with van der Waals surface area (Å²) >= 11 is 0. The summed E-state index contributed by atoms with van der Waals surface area (Å²) in [5.41, 5.74) is -2.40. The van der Waals surface area contributed by atoms with Gasteiger partial charge in [0.15, 0.2) is 12.1 Å². The lowest BCUT2D eigenvalue weighted by Crippen LogP contribution is -2.59. The Morgan fingerprint density at radius 3 is 2.32 bits per heavy atom. The number of methoxy groups -OCH3 is 1. The summed E-state index contributed by atoms with van der Waals surface area (Å²) in [7, 11) is 5.49. The third-order valence-electron chi connectivity index (χ3n) is 11.3. The number of likely N-dealkylation sites (N-methyl/N-ethyl adjacent to an activating group) is 1. The van der Waals surface area contributed by atoms with Crippen LogP contribution >= 0.6 is 0 Å². The minimum Gasteiger partial charge on any atom is -0.463 e. The normalized spacial score (nSPS) is 35.7. The minimum atomic E-state index is -1.45. The summed E-state index contributed by atoms with van der Waals surface area (Å²) in [6.07, 6.45) is 1.84. The first-order chi connectivity index (χ1) is 23.3. The van der Waals surface area contributed by atoms with Crippen molar-refractivity contribution in [1.29, 1.82) is 0 Å². The number of aliphatic hydroxyl groups is 1. The van der Waals surface area contributed by atoms with Crippen LogP contribution in [-0.4, -0.2) is 140 Å². The van der Waals surface area contributed by atoms with Crippen LogP contribution in [0.1, 0.15) is 101 Å². The lowest BCUT2D eigenvalue weighted by molar-refractivity contribution is -0.295. The smallest absolute Gasteiger partial charge is 0.319 e. The van der Waals surface area contributed by atoms with Gasteiger partial charge in [-0.3, -0.25) is 14.5 Å². The van der Waals surface area contributed by atoms with Crippen molar-refractivity contribution in [2.75, 3.05) is 54.0 Å². The van der Waals surface area contributed by atoms with E-state index in [-0.39, 0.29) is 48.6 Å². The molecular weight excluding hydrogens is 640 g/mol. The molecule has 0 aliphatic carbocycles. The van der Waals surface area contributed by atoms with E-state index in [0.717, 1.165) is 38.8 Å². The van der Waals surface area contributed by atoms with E-state index in [1.165, 1.54) is 0 Å². The summed E-state index contributed by atoms with van der Waals surface area (Å²) in [6, 6.07) is -0.153. The Labute approximate surface area is 302 Å². The van der Waals surface area contributed by atoms with Crippen molar-refractivity contribution in [1.82, 2.24) is 20.0 Å². The number of hydrogen-bond acceptors (Lipinski definition) is 10. The van der Waals surface area contributed by atoms with Gasteiger partial charge >= 0.3 is 12.0 Å². The second-order valence-corrected chi connectivity index (χ2v) is 16.8. The fourth-order valence-corrected chi connectivity index (χ4v) is 8.35. The van der Waals surface area contributed by atoms with Crippen LogP contribution in [0.3, 0.4) is 0 Å². The number of carbonyl (C=O) groups excluding carboxylic acids is 3. The predicted octanol–water partition coefficient (Wildman–Crippen LogP) is 4.32. The number of aliphatic hydroxyl groups excluding tert-OH is 1. The molecule has 3 heterocycles. The van der Waals surface area contributed by atoms with Crippen molar-refractivity contribution in [2.45, 2.75) is 149 Å². The molecular formula is C38H70N4O8. The zero-order valence-corrected chi connectivity index (χ0v) is 33.2. The van der Waals surface area contributed by atoms with Crippen molar-refractivity contribution in [3.63, 3.8) is 0 Å². The molecule has 3 fully saturated rings. The van der Waals surface area contributed by atoms with Gasteiger partial charge in [-0.05, 0) is 113 Å². The van der Waals surface area contributed by atoms with Crippen LogP contribution in [0.25, 0.3) is 0 Å². The van der Waals surface area contributed by atoms with Gasteiger partial charge in [0.2, 0.25) is 0 Å². The number of Topliss-reactive ketones (excluding diaryl/α,β-unsaturated/α-hetero) is 1. The molecule has 9 atom stereocenters. The van der Waals surface area contributed by atoms with E-state index in [2.05, 4.69) is 24.1 Å². The highest BCUT2D eigenvalue weighted by Gasteiger charge is 2.51. The monoisotopic (exact) mass is 711 g/mol. The highest BCUT2D eigenvalue weighted by molar-refractivity contribution is 6.04. The number of cyclic esters (lactones) is 1. The van der Waals surface area contributed by atoms with Gasteiger partial charge in [0.05, 0.1) is 17.8 Å². The molecule has 0 aromatic carbocycles. The van der Waals surface area contributed by atoms with Crippen LogP contribution in [0.5, 0.6) is 0 Å². The van der Waals surface area contributed by atoms with Crippen molar-refractivity contribution < 1.29 is 38.4 Å². The van der Waals surface area contributed by atoms with Crippen molar-refractivity contribution in [3.05, 3.63) is 0 Å². The Bertz CT molecular complexity index is 1110. The first kappa shape index (κ1) is 42.6. The number of nitrogens with zero attached hydrogens (tertiary/aromatic N) is 3. The number of ketones is 1. The highest BCUT2D eigenvalue weighted by atomic mass is 16.7. The van der Waals surface area contributed by atoms with E-state index in [9.17, 15) is 19.5 Å². The third-order valence-corrected chi connectivity index (χ3v) is 11.3. The third kappa shape index (κ3) is 10.6. The Balaban J connectivity index is 1.93. The Morgan fingerprint density at radius 2 is 1.76 bits per heavy atom. The molecule has 3 aliphatic heterocycles. The first-order valence-electron chi connectivity index (χ1n) is 19.1. The molecule has 2 amide bonds. The summed E-state index contributed by atoms with van der Waals surface area (Å²) in [6.45, 7) is 20.4. The van der Waals surface area contributed by atoms with Crippen LogP contribution in [0.15, 0.2) is 0 Å². The number of nitrogens with one attached hydrogen (secondary N) is 1.